The van der Waals surface area contributed by atoms with Gasteiger partial charge in [-0.25, -0.2) is 0 Å². The number of aliphatic imine (C=N–C) groups is 1. The normalized spacial score (nSPS) is 39.9. The molecule has 0 amide bonds. The van der Waals surface area contributed by atoms with Crippen molar-refractivity contribution in [2.75, 3.05) is 6.54 Å². The van der Waals surface area contributed by atoms with Crippen LogP contribution in [0.1, 0.15) is 19.3 Å². The third-order valence-electron chi connectivity index (χ3n) is 5.57. The number of Topliss-reactive ketones (excluding diaryl/α,β-unsaturated/α-hetero) is 1. The summed E-state index contributed by atoms with van der Waals surface area (Å²) in [7, 11) is 0. The molecule has 100 valence electrons. The number of nitrogens with one attached hydrogen (secondary N) is 1. The lowest BCUT2D eigenvalue weighted by molar-refractivity contribution is -0.134. The van der Waals surface area contributed by atoms with E-state index >= 15 is 0 Å². The van der Waals surface area contributed by atoms with E-state index in [-0.39, 0.29) is 5.54 Å². The smallest absolute Gasteiger partial charge is 0.150 e. The van der Waals surface area contributed by atoms with Gasteiger partial charge in [-0.1, -0.05) is 17.7 Å². The van der Waals surface area contributed by atoms with Crippen LogP contribution in [0.4, 0.5) is 0 Å². The Kier molecular flexibility index (Phi) is 1.76. The van der Waals surface area contributed by atoms with Crippen molar-refractivity contribution in [1.29, 1.82) is 0 Å². The summed E-state index contributed by atoms with van der Waals surface area (Å²) in [6, 6.07) is 0. The van der Waals surface area contributed by atoms with Crippen molar-refractivity contribution in [3.05, 3.63) is 46.2 Å². The number of hydrogen-bond donors (Lipinski definition) is 1. The van der Waals surface area contributed by atoms with Crippen molar-refractivity contribution in [1.82, 2.24) is 5.32 Å². The summed E-state index contributed by atoms with van der Waals surface area (Å²) in [5.74, 6) is 0.323. The summed E-state index contributed by atoms with van der Waals surface area (Å²) in [6.07, 6.45) is 10.4. The maximum Gasteiger partial charge on any atom is 0.150 e. The Morgan fingerprint density at radius 1 is 1.30 bits per heavy atom. The molecule has 0 bridgehead atoms. The Balaban J connectivity index is 1.82. The lowest BCUT2D eigenvalue weighted by Gasteiger charge is -2.57. The largest absolute Gasteiger partial charge is 0.387 e. The van der Waals surface area contributed by atoms with Crippen LogP contribution in [-0.4, -0.2) is 23.6 Å². The number of hydrogen-bond acceptors (Lipinski definition) is 3. The summed E-state index contributed by atoms with van der Waals surface area (Å²) in [4.78, 5) is 17.9. The Hall–Kier alpha value is -1.61. The highest BCUT2D eigenvalue weighted by Crippen LogP contribution is 2.69. The van der Waals surface area contributed by atoms with Gasteiger partial charge in [0.05, 0.1) is 16.2 Å². The van der Waals surface area contributed by atoms with Gasteiger partial charge in [0.2, 0.25) is 0 Å². The predicted octanol–water partition coefficient (Wildman–Crippen LogP) is 2.41. The highest BCUT2D eigenvalue weighted by atomic mass is 35.5. The molecule has 0 aromatic carbocycles. The van der Waals surface area contributed by atoms with E-state index in [1.807, 2.05) is 18.4 Å². The van der Waals surface area contributed by atoms with E-state index in [1.54, 1.807) is 0 Å². The Morgan fingerprint density at radius 3 is 3.00 bits per heavy atom. The van der Waals surface area contributed by atoms with Crippen molar-refractivity contribution in [2.45, 2.75) is 24.8 Å². The van der Waals surface area contributed by atoms with Crippen molar-refractivity contribution >= 4 is 23.1 Å². The molecule has 0 saturated heterocycles. The lowest BCUT2D eigenvalue weighted by atomic mass is 9.45. The molecular weight excluding hydrogens is 272 g/mol. The van der Waals surface area contributed by atoms with Gasteiger partial charge in [-0.05, 0) is 47.9 Å². The molecule has 1 fully saturated rings. The van der Waals surface area contributed by atoms with Crippen LogP contribution in [0.3, 0.4) is 0 Å². The summed E-state index contributed by atoms with van der Waals surface area (Å²) >= 11 is 6.27. The van der Waals surface area contributed by atoms with E-state index in [1.165, 1.54) is 11.1 Å². The molecular formula is C16H13ClN2O. The molecule has 2 atom stereocenters. The maximum absolute atomic E-state index is 12.9. The van der Waals surface area contributed by atoms with Gasteiger partial charge in [-0.2, -0.15) is 0 Å². The van der Waals surface area contributed by atoms with E-state index in [4.69, 9.17) is 16.6 Å². The Labute approximate surface area is 121 Å². The van der Waals surface area contributed by atoms with Crippen molar-refractivity contribution in [3.63, 3.8) is 0 Å². The Bertz CT molecular complexity index is 740. The van der Waals surface area contributed by atoms with Crippen molar-refractivity contribution in [2.24, 2.45) is 10.4 Å². The van der Waals surface area contributed by atoms with Crippen LogP contribution in [-0.2, 0) is 4.79 Å². The molecule has 1 saturated carbocycles. The van der Waals surface area contributed by atoms with Crippen LogP contribution in [0.5, 0.6) is 0 Å². The van der Waals surface area contributed by atoms with Crippen LogP contribution in [0.2, 0.25) is 0 Å². The number of ketones is 1. The van der Waals surface area contributed by atoms with E-state index in [2.05, 4.69) is 11.4 Å². The molecule has 2 heterocycles. The van der Waals surface area contributed by atoms with Crippen molar-refractivity contribution in [3.8, 4) is 0 Å². The van der Waals surface area contributed by atoms with Gasteiger partial charge in [0.15, 0.2) is 0 Å². The SMILES string of the molecule is O=C1CC2=C(C=CNC2)C23CCC12C1=CC=C(Cl)C1=N3. The average molecular weight is 285 g/mol. The summed E-state index contributed by atoms with van der Waals surface area (Å²) in [6.45, 7) is 0.767. The molecule has 20 heavy (non-hydrogen) atoms. The predicted molar refractivity (Wildman–Crippen MR) is 77.6 cm³/mol. The minimum atomic E-state index is -0.421. The first-order valence-corrected chi connectivity index (χ1v) is 7.41. The van der Waals surface area contributed by atoms with Gasteiger partial charge in [-0.3, -0.25) is 9.79 Å². The van der Waals surface area contributed by atoms with E-state index < -0.39 is 5.41 Å². The minimum Gasteiger partial charge on any atom is -0.387 e. The Morgan fingerprint density at radius 2 is 2.20 bits per heavy atom. The minimum absolute atomic E-state index is 0.323. The van der Waals surface area contributed by atoms with Crippen LogP contribution in [0.25, 0.3) is 0 Å². The van der Waals surface area contributed by atoms with Gasteiger partial charge in [0.1, 0.15) is 11.3 Å². The van der Waals surface area contributed by atoms with Gasteiger partial charge >= 0.3 is 0 Å². The fourth-order valence-corrected chi connectivity index (χ4v) is 4.83. The van der Waals surface area contributed by atoms with Crippen molar-refractivity contribution < 1.29 is 4.79 Å². The first kappa shape index (κ1) is 11.1. The molecule has 3 aliphatic carbocycles. The second-order valence-electron chi connectivity index (χ2n) is 6.15. The number of halogens is 1. The first-order valence-electron chi connectivity index (χ1n) is 7.03. The molecule has 3 nitrogen and oxygen atoms in total. The second-order valence-corrected chi connectivity index (χ2v) is 6.56. The van der Waals surface area contributed by atoms with Crippen LogP contribution in [0.15, 0.2) is 51.2 Å². The molecule has 2 unspecified atom stereocenters. The standard InChI is InChI=1S/C16H13ClN2O/c17-12-2-1-11-14(12)19-16-5-4-15(11,16)13(20)7-9-8-18-6-3-10(9)16/h1-3,6,18H,4-5,7-8H2. The molecule has 1 N–H and O–H groups in total. The molecule has 4 heteroatoms. The zero-order chi connectivity index (χ0) is 13.5. The van der Waals surface area contributed by atoms with E-state index in [9.17, 15) is 4.79 Å². The highest BCUT2D eigenvalue weighted by Gasteiger charge is 2.72. The molecule has 5 aliphatic rings. The van der Waals surface area contributed by atoms with Gasteiger partial charge in [-0.15, -0.1) is 0 Å². The van der Waals surface area contributed by atoms with E-state index in [0.717, 1.165) is 30.7 Å². The number of dihydropyridines is 1. The number of nitrogens with zero attached hydrogens (tertiary/aromatic N) is 1. The number of carbonyl (C=O) groups is 1. The maximum atomic E-state index is 12.9. The van der Waals surface area contributed by atoms with E-state index in [0.29, 0.717) is 17.2 Å². The molecule has 0 radical (unpaired) electrons. The van der Waals surface area contributed by atoms with Gasteiger partial charge < -0.3 is 5.32 Å². The van der Waals surface area contributed by atoms with Crippen LogP contribution >= 0.6 is 11.6 Å². The molecule has 0 aromatic rings. The molecule has 2 aliphatic heterocycles. The summed E-state index contributed by atoms with van der Waals surface area (Å²) in [5.41, 5.74) is 3.62. The number of carbonyl (C=O) groups excluding carboxylic acids is 1. The molecule has 0 aromatic heterocycles. The van der Waals surface area contributed by atoms with Crippen LogP contribution < -0.4 is 5.32 Å². The number of allylic oxidation sites excluding steroid dienone is 3. The molecule has 5 rings (SSSR count). The number of fused-ring (bicyclic) bond motifs is 1. The fraction of sp³-hybridized carbons (Fsp3) is 0.375. The lowest BCUT2D eigenvalue weighted by Crippen LogP contribution is -2.62. The highest BCUT2D eigenvalue weighted by molar-refractivity contribution is 6.49. The van der Waals surface area contributed by atoms with Crippen LogP contribution in [0, 0.1) is 5.41 Å². The summed E-state index contributed by atoms with van der Waals surface area (Å²) < 4.78 is 0. The molecule has 0 spiro atoms. The second kappa shape index (κ2) is 3.17. The first-order chi connectivity index (χ1) is 9.69. The van der Waals surface area contributed by atoms with Gasteiger partial charge in [0.25, 0.3) is 0 Å². The summed E-state index contributed by atoms with van der Waals surface area (Å²) in [5, 5.41) is 3.89. The third kappa shape index (κ3) is 0.908. The third-order valence-corrected chi connectivity index (χ3v) is 5.87. The number of rotatable bonds is 0. The monoisotopic (exact) mass is 284 g/mol. The zero-order valence-electron chi connectivity index (χ0n) is 10.9. The topological polar surface area (TPSA) is 41.5 Å². The quantitative estimate of drug-likeness (QED) is 0.742. The fourth-order valence-electron chi connectivity index (χ4n) is 4.63. The van der Waals surface area contributed by atoms with Gasteiger partial charge in [0, 0.05) is 13.0 Å². The average Bonchev–Trinajstić information content (AvgIpc) is 2.86. The zero-order valence-corrected chi connectivity index (χ0v) is 11.6.